The molecular weight excluding hydrogens is 857 g/mol. The Morgan fingerprint density at radius 3 is 1.09 bits per heavy atom. The Morgan fingerprint density at radius 2 is 0.773 bits per heavy atom. The third-order valence-electron chi connectivity index (χ3n) is 9.92. The first-order valence-electron chi connectivity index (χ1n) is 21.6. The predicted molar refractivity (Wildman–Crippen MR) is 244 cm³/mol. The Morgan fingerprint density at radius 1 is 0.424 bits per heavy atom. The van der Waals surface area contributed by atoms with Gasteiger partial charge in [-0.05, 0) is 86.3 Å². The molecule has 358 valence electrons. The molecule has 66 heavy (non-hydrogen) atoms. The van der Waals surface area contributed by atoms with Gasteiger partial charge in [-0.25, -0.2) is 20.4 Å². The zero-order valence-corrected chi connectivity index (χ0v) is 39.0. The number of carbonyl (C=O) groups is 4. The number of ether oxygens (including phenoxy) is 10. The van der Waals surface area contributed by atoms with Crippen LogP contribution in [-0.4, -0.2) is 79.6 Å². The lowest BCUT2D eigenvalue weighted by Gasteiger charge is -2.15. The number of hydrogen-bond acceptors (Lipinski definition) is 16. The summed E-state index contributed by atoms with van der Waals surface area (Å²) in [4.78, 5) is 51.1. The average Bonchev–Trinajstić information content (AvgIpc) is 3.32. The lowest BCUT2D eigenvalue weighted by molar-refractivity contribution is -0.123. The maximum atomic E-state index is 13.1. The third-order valence-corrected chi connectivity index (χ3v) is 9.92. The van der Waals surface area contributed by atoms with Gasteiger partial charge in [0.25, 0.3) is 0 Å². The highest BCUT2D eigenvalue weighted by Gasteiger charge is 2.22. The Bertz CT molecular complexity index is 2030. The second-order valence-electron chi connectivity index (χ2n) is 14.5. The molecule has 0 atom stereocenters. The fourth-order valence-electron chi connectivity index (χ4n) is 6.64. The number of rotatable bonds is 29. The predicted octanol–water partition coefficient (Wildman–Crippen LogP) is 7.04. The molecule has 4 N–H and O–H groups in total. The number of benzene rings is 4. The number of amides is 2. The zero-order valence-electron chi connectivity index (χ0n) is 39.0. The maximum Gasteiger partial charge on any atom is 0.343 e. The summed E-state index contributed by atoms with van der Waals surface area (Å²) in [5.41, 5.74) is 13.4. The molecule has 0 bridgehead atoms. The second kappa shape index (κ2) is 27.4. The van der Waals surface area contributed by atoms with Crippen molar-refractivity contribution in [1.82, 2.24) is 21.7 Å². The van der Waals surface area contributed by atoms with Crippen LogP contribution < -0.4 is 69.1 Å². The Labute approximate surface area is 385 Å². The van der Waals surface area contributed by atoms with Gasteiger partial charge in [0.2, 0.25) is 23.3 Å². The summed E-state index contributed by atoms with van der Waals surface area (Å²) >= 11 is 0. The molecule has 0 spiro atoms. The van der Waals surface area contributed by atoms with E-state index in [1.807, 2.05) is 13.8 Å². The van der Waals surface area contributed by atoms with Gasteiger partial charge in [0, 0.05) is 25.9 Å². The van der Waals surface area contributed by atoms with E-state index in [1.165, 1.54) is 66.9 Å². The topological polar surface area (TPSA) is 209 Å². The normalized spacial score (nSPS) is 10.6. The monoisotopic (exact) mass is 918 g/mol. The highest BCUT2D eigenvalue weighted by molar-refractivity contribution is 5.94. The van der Waals surface area contributed by atoms with Gasteiger partial charge < -0.3 is 47.4 Å². The van der Waals surface area contributed by atoms with Crippen molar-refractivity contribution in [1.29, 1.82) is 0 Å². The van der Waals surface area contributed by atoms with Crippen molar-refractivity contribution >= 4 is 23.8 Å². The van der Waals surface area contributed by atoms with Crippen molar-refractivity contribution in [3.8, 4) is 57.5 Å². The van der Waals surface area contributed by atoms with E-state index in [4.69, 9.17) is 47.4 Å². The minimum atomic E-state index is -0.639. The Hall–Kier alpha value is -6.92. The molecule has 0 aliphatic carbocycles. The lowest BCUT2D eigenvalue weighted by atomic mass is 10.1. The third kappa shape index (κ3) is 15.4. The van der Waals surface area contributed by atoms with Crippen molar-refractivity contribution in [2.24, 2.45) is 0 Å². The number of hydrogen-bond donors (Lipinski definition) is 4. The van der Waals surface area contributed by atoms with E-state index in [-0.39, 0.29) is 34.4 Å². The van der Waals surface area contributed by atoms with Gasteiger partial charge in [0.05, 0.1) is 67.0 Å². The van der Waals surface area contributed by atoms with E-state index >= 15 is 0 Å². The molecule has 4 aromatic rings. The van der Waals surface area contributed by atoms with Crippen LogP contribution >= 0.6 is 0 Å². The molecule has 2 amide bonds. The number of esters is 2. The van der Waals surface area contributed by atoms with Crippen molar-refractivity contribution in [3.63, 3.8) is 0 Å². The van der Waals surface area contributed by atoms with Crippen molar-refractivity contribution < 1.29 is 66.5 Å². The largest absolute Gasteiger partial charge is 0.493 e. The van der Waals surface area contributed by atoms with Gasteiger partial charge in [-0.1, -0.05) is 37.8 Å². The van der Waals surface area contributed by atoms with Crippen LogP contribution in [0.1, 0.15) is 97.1 Å². The van der Waals surface area contributed by atoms with E-state index in [9.17, 15) is 19.2 Å². The number of nitrogens with one attached hydrogen (secondary N) is 4. The number of unbranched alkanes of at least 4 members (excludes halogenated alkanes) is 5. The van der Waals surface area contributed by atoms with Gasteiger partial charge in [-0.2, -0.15) is 0 Å². The molecular formula is C48H62N4O14. The summed E-state index contributed by atoms with van der Waals surface area (Å²) in [6.07, 6.45) is 5.90. The summed E-state index contributed by atoms with van der Waals surface area (Å²) in [5.74, 6) is 1.66. The van der Waals surface area contributed by atoms with Crippen molar-refractivity contribution in [3.05, 3.63) is 82.9 Å². The average molecular weight is 919 g/mol. The molecule has 0 aromatic heterocycles. The fraction of sp³-hybridized carbons (Fsp3) is 0.417. The van der Waals surface area contributed by atoms with Crippen LogP contribution in [0.4, 0.5) is 0 Å². The quantitative estimate of drug-likeness (QED) is 0.0186. The molecule has 0 radical (unpaired) electrons. The SMILES string of the molecule is CCOc1cc(CNNC(=O)CCCCCCCCC(=O)NNCc2ccc(OC(=O)c3cc(OC)c(OC)c(OC)c3)c(OCC)c2)ccc1OC(=O)c1cc(OC)c(OC)c(OC)c1. The zero-order chi connectivity index (χ0) is 47.8. The Kier molecular flexibility index (Phi) is 21.5. The molecule has 0 heterocycles. The van der Waals surface area contributed by atoms with E-state index in [0.29, 0.717) is 85.1 Å². The van der Waals surface area contributed by atoms with Crippen LogP contribution in [0.15, 0.2) is 60.7 Å². The van der Waals surface area contributed by atoms with Gasteiger partial charge in [-0.3, -0.25) is 20.4 Å². The molecule has 4 aromatic carbocycles. The van der Waals surface area contributed by atoms with Gasteiger partial charge in [0.15, 0.2) is 46.0 Å². The molecule has 0 aliphatic heterocycles. The first kappa shape index (κ1) is 51.7. The standard InChI is InChI=1S/C48H62N4O14/c1-9-63-37-23-31(19-21-35(37)65-47(55)33-25-39(57-3)45(61-7)40(26-33)58-4)29-49-51-43(53)17-15-13-11-12-14-16-18-44(54)52-50-30-32-20-22-36(38(24-32)64-10-2)66-48(56)34-27-41(59-5)46(62-8)42(28-34)60-6/h19-28,49-50H,9-18,29-30H2,1-8H3,(H,51,53)(H,52,54). The second-order valence-corrected chi connectivity index (χ2v) is 14.5. The maximum absolute atomic E-state index is 13.1. The van der Waals surface area contributed by atoms with Crippen LogP contribution in [0.25, 0.3) is 0 Å². The highest BCUT2D eigenvalue weighted by Crippen LogP contribution is 2.40. The lowest BCUT2D eigenvalue weighted by Crippen LogP contribution is -2.36. The minimum absolute atomic E-state index is 0.124. The first-order chi connectivity index (χ1) is 32.0. The highest BCUT2D eigenvalue weighted by atomic mass is 16.6. The van der Waals surface area contributed by atoms with Crippen LogP contribution in [-0.2, 0) is 22.7 Å². The first-order valence-corrected chi connectivity index (χ1v) is 21.6. The molecule has 0 fully saturated rings. The molecule has 0 aliphatic rings. The summed E-state index contributed by atoms with van der Waals surface area (Å²) in [6, 6.07) is 16.3. The summed E-state index contributed by atoms with van der Waals surface area (Å²) in [5, 5.41) is 0. The van der Waals surface area contributed by atoms with E-state index in [0.717, 1.165) is 49.7 Å². The van der Waals surface area contributed by atoms with Crippen molar-refractivity contribution in [2.75, 3.05) is 55.9 Å². The molecule has 18 heteroatoms. The smallest absolute Gasteiger partial charge is 0.343 e. The minimum Gasteiger partial charge on any atom is -0.493 e. The number of methoxy groups -OCH3 is 6. The van der Waals surface area contributed by atoms with Gasteiger partial charge in [0.1, 0.15) is 0 Å². The van der Waals surface area contributed by atoms with Crippen molar-refractivity contribution in [2.45, 2.75) is 78.3 Å². The van der Waals surface area contributed by atoms with E-state index < -0.39 is 11.9 Å². The Balaban J connectivity index is 1.09. The van der Waals surface area contributed by atoms with Crippen LogP contribution in [0, 0.1) is 0 Å². The summed E-state index contributed by atoms with van der Waals surface area (Å²) in [7, 11) is 8.80. The fourth-order valence-corrected chi connectivity index (χ4v) is 6.64. The molecule has 0 saturated heterocycles. The number of hydrazine groups is 2. The molecule has 0 unspecified atom stereocenters. The van der Waals surface area contributed by atoms with E-state index in [2.05, 4.69) is 21.7 Å². The molecule has 0 saturated carbocycles. The summed E-state index contributed by atoms with van der Waals surface area (Å²) in [6.45, 7) is 4.97. The van der Waals surface area contributed by atoms with Crippen LogP contribution in [0.2, 0.25) is 0 Å². The number of carbonyl (C=O) groups excluding carboxylic acids is 4. The molecule has 18 nitrogen and oxygen atoms in total. The molecule has 4 rings (SSSR count). The summed E-state index contributed by atoms with van der Waals surface area (Å²) < 4.78 is 54.9. The van der Waals surface area contributed by atoms with Gasteiger partial charge in [-0.15, -0.1) is 0 Å². The van der Waals surface area contributed by atoms with Gasteiger partial charge >= 0.3 is 11.9 Å². The van der Waals surface area contributed by atoms with E-state index in [1.54, 1.807) is 36.4 Å². The van der Waals surface area contributed by atoms with Crippen LogP contribution in [0.5, 0.6) is 57.5 Å². The van der Waals surface area contributed by atoms with Crippen LogP contribution in [0.3, 0.4) is 0 Å².